The Morgan fingerprint density at radius 1 is 1.00 bits per heavy atom. The highest BCUT2D eigenvalue weighted by atomic mass is 32.1. The first kappa shape index (κ1) is 29.1. The van der Waals surface area contributed by atoms with Gasteiger partial charge < -0.3 is 18.9 Å². The van der Waals surface area contributed by atoms with Gasteiger partial charge in [0.2, 0.25) is 0 Å². The summed E-state index contributed by atoms with van der Waals surface area (Å²) in [6, 6.07) is 12.3. The predicted molar refractivity (Wildman–Crippen MR) is 156 cm³/mol. The van der Waals surface area contributed by atoms with E-state index in [2.05, 4.69) is 4.99 Å². The molecule has 3 aromatic rings. The smallest absolute Gasteiger partial charge is 0.338 e. The molecule has 0 saturated carbocycles. The standard InChI is InChI=1S/C31H36N2O6S/c1-8-36-25-16-21(14-15-24(25)39-19(5)6)17-26-29(34)33-28(22-12-10-11-13-23(22)38-18(3)4)27(30(35)37-9-2)20(7)32-31(33)40-26/h10-19,28H,8-9H2,1-7H3/b26-17-/t28-/m1/s1. The number of allylic oxidation sites excluding steroid dienone is 1. The monoisotopic (exact) mass is 564 g/mol. The molecule has 0 saturated heterocycles. The lowest BCUT2D eigenvalue weighted by molar-refractivity contribution is -0.139. The lowest BCUT2D eigenvalue weighted by atomic mass is 9.95. The number of hydrogen-bond acceptors (Lipinski definition) is 8. The Kier molecular flexibility index (Phi) is 9.14. The van der Waals surface area contributed by atoms with Gasteiger partial charge in [0.05, 0.1) is 41.2 Å². The van der Waals surface area contributed by atoms with E-state index in [0.29, 0.717) is 50.0 Å². The summed E-state index contributed by atoms with van der Waals surface area (Å²) < 4.78 is 25.3. The second kappa shape index (κ2) is 12.6. The van der Waals surface area contributed by atoms with Gasteiger partial charge in [0, 0.05) is 5.56 Å². The minimum atomic E-state index is -0.756. The molecule has 0 fully saturated rings. The van der Waals surface area contributed by atoms with Gasteiger partial charge in [-0.2, -0.15) is 0 Å². The number of esters is 1. The highest BCUT2D eigenvalue weighted by Crippen LogP contribution is 2.36. The van der Waals surface area contributed by atoms with Crippen LogP contribution in [0.1, 0.15) is 65.6 Å². The Hall–Kier alpha value is -3.85. The molecular weight excluding hydrogens is 528 g/mol. The number of rotatable bonds is 10. The molecule has 0 spiro atoms. The third-order valence-electron chi connectivity index (χ3n) is 6.02. The molecule has 1 aromatic heterocycles. The summed E-state index contributed by atoms with van der Waals surface area (Å²) in [7, 11) is 0. The minimum Gasteiger partial charge on any atom is -0.491 e. The number of nitrogens with zero attached hydrogens (tertiary/aromatic N) is 2. The van der Waals surface area contributed by atoms with E-state index in [4.69, 9.17) is 18.9 Å². The first-order chi connectivity index (χ1) is 19.1. The van der Waals surface area contributed by atoms with Crippen LogP contribution in [-0.2, 0) is 9.53 Å². The van der Waals surface area contributed by atoms with Crippen molar-refractivity contribution in [2.24, 2.45) is 4.99 Å². The third kappa shape index (κ3) is 6.14. The largest absolute Gasteiger partial charge is 0.491 e. The van der Waals surface area contributed by atoms with Gasteiger partial charge in [-0.25, -0.2) is 9.79 Å². The Bertz CT molecular complexity index is 1600. The zero-order valence-corrected chi connectivity index (χ0v) is 24.8. The van der Waals surface area contributed by atoms with E-state index in [9.17, 15) is 9.59 Å². The Morgan fingerprint density at radius 3 is 2.38 bits per heavy atom. The molecule has 0 unspecified atom stereocenters. The van der Waals surface area contributed by atoms with Gasteiger partial charge in [0.1, 0.15) is 11.8 Å². The molecule has 0 amide bonds. The molecule has 2 heterocycles. The molecule has 1 atom stereocenters. The van der Waals surface area contributed by atoms with Gasteiger partial charge in [0.15, 0.2) is 16.3 Å². The Labute approximate surface area is 238 Å². The van der Waals surface area contributed by atoms with Crippen LogP contribution in [0, 0.1) is 0 Å². The second-order valence-corrected chi connectivity index (χ2v) is 10.8. The first-order valence-corrected chi connectivity index (χ1v) is 14.3. The number of aromatic nitrogens is 1. The number of para-hydroxylation sites is 1. The van der Waals surface area contributed by atoms with Crippen molar-refractivity contribution in [2.75, 3.05) is 13.2 Å². The van der Waals surface area contributed by atoms with Crippen molar-refractivity contribution in [3.8, 4) is 17.2 Å². The zero-order chi connectivity index (χ0) is 29.0. The van der Waals surface area contributed by atoms with Crippen LogP contribution < -0.4 is 29.1 Å². The fourth-order valence-corrected chi connectivity index (χ4v) is 5.59. The quantitative estimate of drug-likeness (QED) is 0.330. The molecule has 0 aliphatic carbocycles. The number of ether oxygens (including phenoxy) is 4. The molecule has 8 nitrogen and oxygen atoms in total. The van der Waals surface area contributed by atoms with E-state index in [1.165, 1.54) is 11.3 Å². The lowest BCUT2D eigenvalue weighted by Gasteiger charge is -2.26. The normalized spacial score (nSPS) is 15.2. The Morgan fingerprint density at radius 2 is 1.70 bits per heavy atom. The average Bonchev–Trinajstić information content (AvgIpc) is 3.19. The zero-order valence-electron chi connectivity index (χ0n) is 24.0. The van der Waals surface area contributed by atoms with Gasteiger partial charge in [-0.05, 0) is 78.3 Å². The fraction of sp³-hybridized carbons (Fsp3) is 0.387. The van der Waals surface area contributed by atoms with Crippen LogP contribution >= 0.6 is 11.3 Å². The van der Waals surface area contributed by atoms with Crippen molar-refractivity contribution in [3.05, 3.63) is 84.5 Å². The van der Waals surface area contributed by atoms with Gasteiger partial charge in [-0.15, -0.1) is 0 Å². The van der Waals surface area contributed by atoms with Crippen LogP contribution in [0.3, 0.4) is 0 Å². The minimum absolute atomic E-state index is 0.00636. The molecule has 1 aliphatic rings. The molecular formula is C31H36N2O6S. The van der Waals surface area contributed by atoms with E-state index in [-0.39, 0.29) is 24.4 Å². The van der Waals surface area contributed by atoms with Crippen LogP contribution in [0.2, 0.25) is 0 Å². The number of hydrogen-bond donors (Lipinski definition) is 0. The summed E-state index contributed by atoms with van der Waals surface area (Å²) >= 11 is 1.27. The molecule has 2 aromatic carbocycles. The van der Waals surface area contributed by atoms with Crippen LogP contribution in [0.5, 0.6) is 17.2 Å². The number of benzene rings is 2. The van der Waals surface area contributed by atoms with Gasteiger partial charge in [-0.3, -0.25) is 9.36 Å². The van der Waals surface area contributed by atoms with Crippen molar-refractivity contribution >= 4 is 23.4 Å². The summed E-state index contributed by atoms with van der Waals surface area (Å²) in [5.74, 6) is 1.34. The maximum absolute atomic E-state index is 14.0. The summed E-state index contributed by atoms with van der Waals surface area (Å²) in [6.07, 6.45) is 1.70. The second-order valence-electron chi connectivity index (χ2n) is 9.81. The van der Waals surface area contributed by atoms with E-state index in [0.717, 1.165) is 5.56 Å². The van der Waals surface area contributed by atoms with Crippen molar-refractivity contribution in [3.63, 3.8) is 0 Å². The predicted octanol–water partition coefficient (Wildman–Crippen LogP) is 4.77. The molecule has 0 N–H and O–H groups in total. The van der Waals surface area contributed by atoms with Gasteiger partial charge >= 0.3 is 5.97 Å². The van der Waals surface area contributed by atoms with E-state index in [1.807, 2.05) is 83.2 Å². The van der Waals surface area contributed by atoms with Crippen LogP contribution in [0.15, 0.2) is 63.5 Å². The fourth-order valence-electron chi connectivity index (χ4n) is 4.54. The number of carbonyl (C=O) groups excluding carboxylic acids is 1. The number of thiazole rings is 1. The maximum atomic E-state index is 14.0. The maximum Gasteiger partial charge on any atom is 0.338 e. The van der Waals surface area contributed by atoms with Gasteiger partial charge in [0.25, 0.3) is 5.56 Å². The molecule has 9 heteroatoms. The van der Waals surface area contributed by atoms with Gasteiger partial charge in [-0.1, -0.05) is 35.6 Å². The lowest BCUT2D eigenvalue weighted by Crippen LogP contribution is -2.40. The molecule has 212 valence electrons. The SMILES string of the molecule is CCOC(=O)C1=C(C)N=c2s/c(=C\c3ccc(OC(C)C)c(OCC)c3)c(=O)n2[C@@H]1c1ccccc1OC(C)C. The summed E-state index contributed by atoms with van der Waals surface area (Å²) in [5.41, 5.74) is 2.03. The van der Waals surface area contributed by atoms with Crippen LogP contribution in [-0.4, -0.2) is 36.0 Å². The van der Waals surface area contributed by atoms with Crippen molar-refractivity contribution in [1.82, 2.24) is 4.57 Å². The van der Waals surface area contributed by atoms with Crippen molar-refractivity contribution < 1.29 is 23.7 Å². The van der Waals surface area contributed by atoms with E-state index in [1.54, 1.807) is 18.4 Å². The van der Waals surface area contributed by atoms with Crippen LogP contribution in [0.4, 0.5) is 0 Å². The molecule has 0 bridgehead atoms. The Balaban J connectivity index is 1.92. The number of fused-ring (bicyclic) bond motifs is 1. The molecule has 4 rings (SSSR count). The average molecular weight is 565 g/mol. The first-order valence-electron chi connectivity index (χ1n) is 13.5. The van der Waals surface area contributed by atoms with Crippen molar-refractivity contribution in [1.29, 1.82) is 0 Å². The highest BCUT2D eigenvalue weighted by Gasteiger charge is 2.35. The topological polar surface area (TPSA) is 88.4 Å². The van der Waals surface area contributed by atoms with Crippen molar-refractivity contribution in [2.45, 2.75) is 66.7 Å². The van der Waals surface area contributed by atoms with Crippen LogP contribution in [0.25, 0.3) is 6.08 Å². The van der Waals surface area contributed by atoms with E-state index >= 15 is 0 Å². The summed E-state index contributed by atoms with van der Waals surface area (Å²) in [6.45, 7) is 13.9. The molecule has 40 heavy (non-hydrogen) atoms. The highest BCUT2D eigenvalue weighted by molar-refractivity contribution is 7.07. The number of carbonyl (C=O) groups is 1. The summed E-state index contributed by atoms with van der Waals surface area (Å²) in [5, 5.41) is 0. The van der Waals surface area contributed by atoms with E-state index < -0.39 is 12.0 Å². The molecule has 1 aliphatic heterocycles. The molecule has 0 radical (unpaired) electrons. The summed E-state index contributed by atoms with van der Waals surface area (Å²) in [4.78, 5) is 32.4. The third-order valence-corrected chi connectivity index (χ3v) is 7.00.